The first kappa shape index (κ1) is 9.74. The van der Waals surface area contributed by atoms with Crippen molar-refractivity contribution in [3.8, 4) is 0 Å². The van der Waals surface area contributed by atoms with Gasteiger partial charge < -0.3 is 0 Å². The Labute approximate surface area is 77.6 Å². The number of carbonyl (C=O) groups excluding carboxylic acids is 1. The maximum absolute atomic E-state index is 11.1. The molecule has 0 aromatic heterocycles. The summed E-state index contributed by atoms with van der Waals surface area (Å²) in [5.74, 6) is -0.297. The number of anilines is 1. The first-order valence-corrected chi connectivity index (χ1v) is 4.24. The molecule has 1 aromatic carbocycles. The molecule has 0 aliphatic rings. The van der Waals surface area contributed by atoms with Gasteiger partial charge in [-0.25, -0.2) is 0 Å². The van der Waals surface area contributed by atoms with Crippen LogP contribution in [0, 0.1) is 6.92 Å². The van der Waals surface area contributed by atoms with Crippen LogP contribution in [-0.4, -0.2) is 11.1 Å². The van der Waals surface area contributed by atoms with Gasteiger partial charge in [0.1, 0.15) is 0 Å². The van der Waals surface area contributed by atoms with E-state index < -0.39 is 0 Å². The lowest BCUT2D eigenvalue weighted by Crippen LogP contribution is -2.26. The number of nitrogens with zero attached hydrogens (tertiary/aromatic N) is 1. The van der Waals surface area contributed by atoms with E-state index in [0.29, 0.717) is 17.2 Å². The van der Waals surface area contributed by atoms with Gasteiger partial charge >= 0.3 is 0 Å². The maximum atomic E-state index is 11.1. The van der Waals surface area contributed by atoms with Crippen molar-refractivity contribution in [3.63, 3.8) is 0 Å². The second kappa shape index (κ2) is 4.05. The zero-order valence-corrected chi connectivity index (χ0v) is 7.82. The number of para-hydroxylation sites is 1. The minimum Gasteiger partial charge on any atom is -0.281 e. The van der Waals surface area contributed by atoms with E-state index in [2.05, 4.69) is 0 Å². The lowest BCUT2D eigenvalue weighted by molar-refractivity contribution is -0.123. The highest BCUT2D eigenvalue weighted by atomic mass is 16.5. The van der Waals surface area contributed by atoms with Gasteiger partial charge in [0, 0.05) is 6.42 Å². The molecule has 0 aliphatic carbocycles. The van der Waals surface area contributed by atoms with Gasteiger partial charge in [-0.3, -0.25) is 10.0 Å². The van der Waals surface area contributed by atoms with Crippen molar-refractivity contribution in [2.45, 2.75) is 20.3 Å². The van der Waals surface area contributed by atoms with Gasteiger partial charge in [0.2, 0.25) is 5.91 Å². The highest BCUT2D eigenvalue weighted by Crippen LogP contribution is 2.17. The number of rotatable bonds is 2. The van der Waals surface area contributed by atoms with Crippen LogP contribution in [0.5, 0.6) is 0 Å². The van der Waals surface area contributed by atoms with Crippen LogP contribution < -0.4 is 5.06 Å². The molecule has 3 nitrogen and oxygen atoms in total. The summed E-state index contributed by atoms with van der Waals surface area (Å²) in [6, 6.07) is 7.21. The van der Waals surface area contributed by atoms with Crippen LogP contribution in [0.4, 0.5) is 5.69 Å². The fraction of sp³-hybridized carbons (Fsp3) is 0.300. The molecular weight excluding hydrogens is 166 g/mol. The summed E-state index contributed by atoms with van der Waals surface area (Å²) in [5, 5.41) is 10.2. The summed E-state index contributed by atoms with van der Waals surface area (Å²) in [6.07, 6.45) is 0.296. The Hall–Kier alpha value is -1.35. The van der Waals surface area contributed by atoms with Crippen molar-refractivity contribution >= 4 is 11.6 Å². The number of hydrogen-bond donors (Lipinski definition) is 1. The van der Waals surface area contributed by atoms with Crippen LogP contribution in [0.15, 0.2) is 24.3 Å². The SMILES string of the molecule is CCC(=O)N(O)c1ccccc1C. The van der Waals surface area contributed by atoms with Crippen molar-refractivity contribution in [1.29, 1.82) is 0 Å². The average molecular weight is 179 g/mol. The number of benzene rings is 1. The van der Waals surface area contributed by atoms with Crippen LogP contribution in [-0.2, 0) is 4.79 Å². The molecule has 0 aliphatic heterocycles. The monoisotopic (exact) mass is 179 g/mol. The topological polar surface area (TPSA) is 40.5 Å². The highest BCUT2D eigenvalue weighted by molar-refractivity contribution is 5.91. The van der Waals surface area contributed by atoms with Gasteiger partial charge in [0.25, 0.3) is 0 Å². The molecule has 3 heteroatoms. The minimum atomic E-state index is -0.297. The van der Waals surface area contributed by atoms with Gasteiger partial charge in [0.05, 0.1) is 5.69 Å². The molecule has 0 saturated carbocycles. The van der Waals surface area contributed by atoms with Gasteiger partial charge in [-0.2, -0.15) is 5.06 Å². The van der Waals surface area contributed by atoms with Crippen molar-refractivity contribution in [3.05, 3.63) is 29.8 Å². The van der Waals surface area contributed by atoms with Crippen LogP contribution in [0.1, 0.15) is 18.9 Å². The summed E-state index contributed by atoms with van der Waals surface area (Å²) in [4.78, 5) is 11.1. The number of carbonyl (C=O) groups is 1. The van der Waals surface area contributed by atoms with E-state index in [1.807, 2.05) is 19.1 Å². The van der Waals surface area contributed by atoms with Crippen molar-refractivity contribution in [2.24, 2.45) is 0 Å². The number of hydrogen-bond acceptors (Lipinski definition) is 2. The van der Waals surface area contributed by atoms with E-state index in [-0.39, 0.29) is 5.91 Å². The van der Waals surface area contributed by atoms with E-state index >= 15 is 0 Å². The zero-order chi connectivity index (χ0) is 9.84. The van der Waals surface area contributed by atoms with E-state index in [1.54, 1.807) is 19.1 Å². The van der Waals surface area contributed by atoms with Gasteiger partial charge in [-0.1, -0.05) is 25.1 Å². The average Bonchev–Trinajstić information content (AvgIpc) is 2.16. The Morgan fingerprint density at radius 3 is 2.62 bits per heavy atom. The molecule has 0 spiro atoms. The molecule has 70 valence electrons. The number of aryl methyl sites for hydroxylation is 1. The molecule has 0 fully saturated rings. The second-order valence-electron chi connectivity index (χ2n) is 2.85. The fourth-order valence-electron chi connectivity index (χ4n) is 1.09. The fourth-order valence-corrected chi connectivity index (χ4v) is 1.09. The largest absolute Gasteiger partial charge is 0.281 e. The predicted octanol–water partition coefficient (Wildman–Crippen LogP) is 2.13. The van der Waals surface area contributed by atoms with Crippen molar-refractivity contribution in [1.82, 2.24) is 0 Å². The molecule has 0 heterocycles. The molecule has 0 atom stereocenters. The summed E-state index contributed by atoms with van der Waals surface area (Å²) >= 11 is 0. The summed E-state index contributed by atoms with van der Waals surface area (Å²) in [6.45, 7) is 3.56. The zero-order valence-electron chi connectivity index (χ0n) is 7.82. The predicted molar refractivity (Wildman–Crippen MR) is 50.7 cm³/mol. The van der Waals surface area contributed by atoms with E-state index in [9.17, 15) is 10.0 Å². The molecule has 13 heavy (non-hydrogen) atoms. The Kier molecular flexibility index (Phi) is 3.03. The molecule has 1 N–H and O–H groups in total. The van der Waals surface area contributed by atoms with Gasteiger partial charge in [-0.05, 0) is 18.6 Å². The van der Waals surface area contributed by atoms with E-state index in [4.69, 9.17) is 0 Å². The smallest absolute Gasteiger partial charge is 0.250 e. The highest BCUT2D eigenvalue weighted by Gasteiger charge is 2.11. The molecule has 1 amide bonds. The van der Waals surface area contributed by atoms with E-state index in [0.717, 1.165) is 5.56 Å². The Bertz CT molecular complexity index is 310. The molecule has 1 rings (SSSR count). The third-order valence-electron chi connectivity index (χ3n) is 1.88. The lowest BCUT2D eigenvalue weighted by Gasteiger charge is -2.15. The molecular formula is C10H13NO2. The van der Waals surface area contributed by atoms with Crippen LogP contribution >= 0.6 is 0 Å². The van der Waals surface area contributed by atoms with E-state index in [1.165, 1.54) is 0 Å². The standard InChI is InChI=1S/C10H13NO2/c1-3-10(12)11(13)9-7-5-4-6-8(9)2/h4-7,13H,3H2,1-2H3. The van der Waals surface area contributed by atoms with Crippen molar-refractivity contribution < 1.29 is 10.0 Å². The van der Waals surface area contributed by atoms with Crippen molar-refractivity contribution in [2.75, 3.05) is 5.06 Å². The normalized spacial score (nSPS) is 9.77. The molecule has 0 bridgehead atoms. The molecule has 1 aromatic rings. The molecule has 0 saturated heterocycles. The Balaban J connectivity index is 2.95. The first-order chi connectivity index (χ1) is 6.16. The maximum Gasteiger partial charge on any atom is 0.250 e. The van der Waals surface area contributed by atoms with Crippen LogP contribution in [0.3, 0.4) is 0 Å². The van der Waals surface area contributed by atoms with Crippen LogP contribution in [0.2, 0.25) is 0 Å². The summed E-state index contributed by atoms with van der Waals surface area (Å²) < 4.78 is 0. The number of amides is 1. The van der Waals surface area contributed by atoms with Gasteiger partial charge in [0.15, 0.2) is 0 Å². The minimum absolute atomic E-state index is 0.296. The lowest BCUT2D eigenvalue weighted by atomic mass is 10.2. The summed E-state index contributed by atoms with van der Waals surface area (Å²) in [7, 11) is 0. The molecule has 0 radical (unpaired) electrons. The third kappa shape index (κ3) is 2.06. The number of hydroxylamine groups is 1. The summed E-state index contributed by atoms with van der Waals surface area (Å²) in [5.41, 5.74) is 1.43. The van der Waals surface area contributed by atoms with Crippen LogP contribution in [0.25, 0.3) is 0 Å². The van der Waals surface area contributed by atoms with Gasteiger partial charge in [-0.15, -0.1) is 0 Å². The third-order valence-corrected chi connectivity index (χ3v) is 1.88. The second-order valence-corrected chi connectivity index (χ2v) is 2.85. The molecule has 0 unspecified atom stereocenters. The quantitative estimate of drug-likeness (QED) is 0.558. The Morgan fingerprint density at radius 2 is 2.08 bits per heavy atom. The Morgan fingerprint density at radius 1 is 1.46 bits per heavy atom. The first-order valence-electron chi connectivity index (χ1n) is 4.24.